The number of ether oxygens (including phenoxy) is 1. The smallest absolute Gasteiger partial charge is 0.230 e. The average Bonchev–Trinajstić information content (AvgIpc) is 2.39. The zero-order chi connectivity index (χ0) is 16.0. The van der Waals surface area contributed by atoms with Gasteiger partial charge in [-0.05, 0) is 36.1 Å². The van der Waals surface area contributed by atoms with Gasteiger partial charge >= 0.3 is 0 Å². The van der Waals surface area contributed by atoms with E-state index in [1.54, 1.807) is 6.92 Å². The van der Waals surface area contributed by atoms with Gasteiger partial charge in [-0.3, -0.25) is 9.00 Å². The summed E-state index contributed by atoms with van der Waals surface area (Å²) in [4.78, 5) is 12.1. The number of anilines is 1. The Balaban J connectivity index is 2.96. The number of nitrogens with one attached hydrogen (secondary N) is 1. The first-order chi connectivity index (χ1) is 9.90. The molecule has 0 spiro atoms. The van der Waals surface area contributed by atoms with Crippen LogP contribution in [0.25, 0.3) is 0 Å². The van der Waals surface area contributed by atoms with Crippen LogP contribution in [0.5, 0.6) is 5.75 Å². The average molecular weight is 314 g/mol. The number of rotatable bonds is 7. The van der Waals surface area contributed by atoms with Gasteiger partial charge in [0, 0.05) is 11.8 Å². The Hall–Kier alpha value is -1.44. The number of carbonyl (C=O) groups is 1. The predicted octanol–water partition coefficient (Wildman–Crippen LogP) is 1.53. The molecule has 0 heterocycles. The third-order valence-corrected chi connectivity index (χ3v) is 3.73. The number of aliphatic hydroxyl groups is 1. The van der Waals surface area contributed by atoms with E-state index in [0.29, 0.717) is 12.3 Å². The van der Waals surface area contributed by atoms with Gasteiger partial charge in [-0.15, -0.1) is 0 Å². The molecule has 2 unspecified atom stereocenters. The summed E-state index contributed by atoms with van der Waals surface area (Å²) in [6.45, 7) is 5.49. The normalized spacial score (nSPS) is 13.8. The van der Waals surface area contributed by atoms with Crippen LogP contribution < -0.4 is 10.1 Å². The van der Waals surface area contributed by atoms with E-state index in [1.807, 2.05) is 13.8 Å². The van der Waals surface area contributed by atoms with Crippen LogP contribution in [-0.2, 0) is 15.9 Å². The molecule has 0 aromatic heterocycles. The Morgan fingerprint density at radius 3 is 2.62 bits per heavy atom. The second kappa shape index (κ2) is 8.11. The maximum Gasteiger partial charge on any atom is 0.230 e. The first-order valence-electron chi connectivity index (χ1n) is 6.68. The van der Waals surface area contributed by atoms with Crippen LogP contribution in [0.1, 0.15) is 20.8 Å². The van der Waals surface area contributed by atoms with Gasteiger partial charge in [0.2, 0.25) is 5.91 Å². The lowest BCUT2D eigenvalue weighted by Crippen LogP contribution is -2.29. The van der Waals surface area contributed by atoms with Crippen LogP contribution in [0.2, 0.25) is 0 Å². The van der Waals surface area contributed by atoms with Crippen molar-refractivity contribution < 1.29 is 23.4 Å². The van der Waals surface area contributed by atoms with Crippen molar-refractivity contribution in [3.8, 4) is 5.75 Å². The summed E-state index contributed by atoms with van der Waals surface area (Å²) < 4.78 is 27.4. The van der Waals surface area contributed by atoms with Crippen molar-refractivity contribution >= 4 is 22.7 Å². The van der Waals surface area contributed by atoms with E-state index in [-0.39, 0.29) is 29.1 Å². The molecule has 21 heavy (non-hydrogen) atoms. The highest BCUT2D eigenvalue weighted by atomic mass is 32.2. The number of benzene rings is 1. The highest BCUT2D eigenvalue weighted by Gasteiger charge is 2.21. The molecule has 1 aromatic carbocycles. The number of hydrogen-bond acceptors (Lipinski definition) is 5. The lowest BCUT2D eigenvalue weighted by molar-refractivity contribution is -0.122. The molecule has 0 bridgehead atoms. The number of hydrogen-bond donors (Lipinski definition) is 2. The van der Waals surface area contributed by atoms with E-state index in [2.05, 4.69) is 5.32 Å². The maximum atomic E-state index is 12.0. The Labute approximate surface area is 126 Å². The summed E-state index contributed by atoms with van der Waals surface area (Å²) in [5, 5.41) is 11.9. The lowest BCUT2D eigenvalue weighted by Gasteiger charge is -2.19. The zero-order valence-electron chi connectivity index (χ0n) is 12.3. The van der Waals surface area contributed by atoms with Gasteiger partial charge in [-0.2, -0.15) is 0 Å². The summed E-state index contributed by atoms with van der Waals surface area (Å²) >= 11 is -2.41. The molecule has 0 aliphatic rings. The zero-order valence-corrected chi connectivity index (χ0v) is 13.1. The number of amides is 1. The van der Waals surface area contributed by atoms with Gasteiger partial charge in [0.1, 0.15) is 5.75 Å². The molecule has 2 atom stereocenters. The molecule has 0 aliphatic heterocycles. The van der Waals surface area contributed by atoms with Crippen LogP contribution in [0.15, 0.2) is 23.1 Å². The minimum Gasteiger partial charge on any atom is -0.768 e. The molecule has 2 N–H and O–H groups in total. The van der Waals surface area contributed by atoms with Crippen molar-refractivity contribution in [3.05, 3.63) is 18.2 Å². The molecule has 1 aromatic rings. The molecule has 7 heteroatoms. The van der Waals surface area contributed by atoms with Gasteiger partial charge in [-0.1, -0.05) is 13.8 Å². The summed E-state index contributed by atoms with van der Waals surface area (Å²) in [7, 11) is 0. The summed E-state index contributed by atoms with van der Waals surface area (Å²) in [6, 6.07) is 4.31. The van der Waals surface area contributed by atoms with Crippen LogP contribution in [0.3, 0.4) is 0 Å². The molecular formula is C14H20NO5S-. The number of carbonyl (C=O) groups excluding carboxylic acids is 1. The van der Waals surface area contributed by atoms with Crippen LogP contribution in [0.4, 0.5) is 5.69 Å². The molecular weight excluding hydrogens is 294 g/mol. The van der Waals surface area contributed by atoms with Gasteiger partial charge in [0.15, 0.2) is 0 Å². The Morgan fingerprint density at radius 2 is 2.14 bits per heavy atom. The quantitative estimate of drug-likeness (QED) is 0.744. The molecule has 1 amide bonds. The summed E-state index contributed by atoms with van der Waals surface area (Å²) in [5.41, 5.74) is 0.428. The highest BCUT2D eigenvalue weighted by molar-refractivity contribution is 7.79. The van der Waals surface area contributed by atoms with Crippen LogP contribution in [-0.4, -0.2) is 33.0 Å². The van der Waals surface area contributed by atoms with Crippen LogP contribution in [0, 0.1) is 11.8 Å². The highest BCUT2D eigenvalue weighted by Crippen LogP contribution is 2.26. The van der Waals surface area contributed by atoms with E-state index >= 15 is 0 Å². The fourth-order valence-electron chi connectivity index (χ4n) is 1.82. The maximum absolute atomic E-state index is 12.0. The Morgan fingerprint density at radius 1 is 1.48 bits per heavy atom. The fourth-order valence-corrected chi connectivity index (χ4v) is 2.28. The predicted molar refractivity (Wildman–Crippen MR) is 78.8 cm³/mol. The lowest BCUT2D eigenvalue weighted by atomic mass is 9.96. The first-order valence-corrected chi connectivity index (χ1v) is 7.76. The van der Waals surface area contributed by atoms with Crippen molar-refractivity contribution in [1.29, 1.82) is 0 Å². The molecule has 0 saturated carbocycles. The van der Waals surface area contributed by atoms with Gasteiger partial charge in [0.05, 0.1) is 24.0 Å². The van der Waals surface area contributed by atoms with Crippen molar-refractivity contribution in [3.63, 3.8) is 0 Å². The van der Waals surface area contributed by atoms with E-state index in [0.717, 1.165) is 0 Å². The van der Waals surface area contributed by atoms with Crippen molar-refractivity contribution in [2.24, 2.45) is 11.8 Å². The Kier molecular flexibility index (Phi) is 6.80. The standard InChI is InChI=1S/C14H21NO5S/c1-4-20-12-7-10(5-6-13(12)21(18)19)15-14(17)11(8-16)9(2)3/h5-7,9,11,16H,4,8H2,1-3H3,(H,15,17)(H,18,19)/p-1. The van der Waals surface area contributed by atoms with Gasteiger partial charge < -0.3 is 19.7 Å². The fraction of sp³-hybridized carbons (Fsp3) is 0.500. The van der Waals surface area contributed by atoms with Crippen LogP contribution >= 0.6 is 0 Å². The van der Waals surface area contributed by atoms with E-state index in [1.165, 1.54) is 18.2 Å². The number of aliphatic hydroxyl groups excluding tert-OH is 1. The largest absolute Gasteiger partial charge is 0.768 e. The second-order valence-corrected chi connectivity index (χ2v) is 5.76. The molecule has 0 radical (unpaired) electrons. The topological polar surface area (TPSA) is 98.7 Å². The first kappa shape index (κ1) is 17.6. The molecule has 6 nitrogen and oxygen atoms in total. The minimum absolute atomic E-state index is 0.00483. The minimum atomic E-state index is -2.41. The Bertz CT molecular complexity index is 518. The van der Waals surface area contributed by atoms with Crippen molar-refractivity contribution in [2.75, 3.05) is 18.5 Å². The van der Waals surface area contributed by atoms with E-state index in [9.17, 15) is 18.7 Å². The van der Waals surface area contributed by atoms with E-state index in [4.69, 9.17) is 4.74 Å². The molecule has 0 fully saturated rings. The van der Waals surface area contributed by atoms with Crippen molar-refractivity contribution in [2.45, 2.75) is 25.7 Å². The van der Waals surface area contributed by atoms with E-state index < -0.39 is 17.0 Å². The summed E-state index contributed by atoms with van der Waals surface area (Å²) in [5.74, 6) is -0.650. The molecule has 0 aliphatic carbocycles. The van der Waals surface area contributed by atoms with Gasteiger partial charge in [-0.25, -0.2) is 0 Å². The molecule has 0 saturated heterocycles. The molecule has 118 valence electrons. The third kappa shape index (κ3) is 4.80. The summed E-state index contributed by atoms with van der Waals surface area (Å²) in [6.07, 6.45) is 0. The SMILES string of the molecule is CCOc1cc(NC(=O)C(CO)C(C)C)ccc1S(=O)[O-]. The molecule has 1 rings (SSSR count). The monoisotopic (exact) mass is 314 g/mol. The van der Waals surface area contributed by atoms with Crippen molar-refractivity contribution in [1.82, 2.24) is 0 Å². The van der Waals surface area contributed by atoms with Gasteiger partial charge in [0.25, 0.3) is 0 Å². The second-order valence-electron chi connectivity index (χ2n) is 4.85. The third-order valence-electron chi connectivity index (χ3n) is 3.03.